The highest BCUT2D eigenvalue weighted by molar-refractivity contribution is 6.62. The highest BCUT2D eigenvalue weighted by Crippen LogP contribution is 2.28. The lowest BCUT2D eigenvalue weighted by Crippen LogP contribution is -2.46. The standard InChI is InChI=1S/C11H22O5Si/c1-9(11(12)13)7-6-8-10(2)17(14-3,15-4)16-5/h7,10H,6,8H2,1-5H3,(H,12,13). The second-order valence-electron chi connectivity index (χ2n) is 3.89. The number of aliphatic carboxylic acids is 1. The van der Waals surface area contributed by atoms with Crippen molar-refractivity contribution in [2.75, 3.05) is 21.3 Å². The molecule has 0 heterocycles. The zero-order chi connectivity index (χ0) is 13.5. The van der Waals surface area contributed by atoms with Crippen LogP contribution in [0.1, 0.15) is 26.7 Å². The van der Waals surface area contributed by atoms with Gasteiger partial charge in [-0.1, -0.05) is 13.0 Å². The fourth-order valence-electron chi connectivity index (χ4n) is 1.67. The molecule has 0 bridgehead atoms. The molecule has 0 aliphatic carbocycles. The van der Waals surface area contributed by atoms with Crippen LogP contribution in [0.25, 0.3) is 0 Å². The Labute approximate surface area is 104 Å². The van der Waals surface area contributed by atoms with Gasteiger partial charge in [-0.3, -0.25) is 0 Å². The second kappa shape index (κ2) is 7.60. The van der Waals surface area contributed by atoms with Crippen molar-refractivity contribution in [2.24, 2.45) is 0 Å². The quantitative estimate of drug-likeness (QED) is 0.536. The first-order valence-corrected chi connectivity index (χ1v) is 7.29. The summed E-state index contributed by atoms with van der Waals surface area (Å²) < 4.78 is 16.1. The van der Waals surface area contributed by atoms with Crippen LogP contribution in [-0.2, 0) is 18.1 Å². The molecule has 6 heteroatoms. The zero-order valence-electron chi connectivity index (χ0n) is 11.1. The molecule has 0 rings (SSSR count). The van der Waals surface area contributed by atoms with Gasteiger partial charge in [0.05, 0.1) is 0 Å². The van der Waals surface area contributed by atoms with Crippen LogP contribution < -0.4 is 0 Å². The van der Waals surface area contributed by atoms with Crippen molar-refractivity contribution in [2.45, 2.75) is 32.2 Å². The Morgan fingerprint density at radius 1 is 1.29 bits per heavy atom. The van der Waals surface area contributed by atoms with Crippen molar-refractivity contribution in [1.29, 1.82) is 0 Å². The summed E-state index contributed by atoms with van der Waals surface area (Å²) in [5.74, 6) is -0.883. The van der Waals surface area contributed by atoms with E-state index in [-0.39, 0.29) is 5.54 Å². The molecule has 0 amide bonds. The van der Waals surface area contributed by atoms with Crippen molar-refractivity contribution in [3.63, 3.8) is 0 Å². The number of carbonyl (C=O) groups is 1. The Morgan fingerprint density at radius 3 is 2.12 bits per heavy atom. The molecule has 0 aromatic carbocycles. The third-order valence-corrected chi connectivity index (χ3v) is 6.05. The summed E-state index contributed by atoms with van der Waals surface area (Å²) in [6.45, 7) is 3.58. The molecule has 100 valence electrons. The largest absolute Gasteiger partial charge is 0.503 e. The molecule has 1 atom stereocenters. The molecule has 1 N–H and O–H groups in total. The molecular weight excluding hydrogens is 240 g/mol. The van der Waals surface area contributed by atoms with E-state index in [1.165, 1.54) is 0 Å². The van der Waals surface area contributed by atoms with Crippen LogP contribution in [0.4, 0.5) is 0 Å². The van der Waals surface area contributed by atoms with E-state index in [0.717, 1.165) is 6.42 Å². The lowest BCUT2D eigenvalue weighted by atomic mass is 10.2. The Hall–Kier alpha value is -0.693. The first-order valence-electron chi connectivity index (χ1n) is 5.49. The maximum atomic E-state index is 10.6. The zero-order valence-corrected chi connectivity index (χ0v) is 12.1. The predicted molar refractivity (Wildman–Crippen MR) is 66.8 cm³/mol. The summed E-state index contributed by atoms with van der Waals surface area (Å²) in [5.41, 5.74) is 0.483. The van der Waals surface area contributed by atoms with Gasteiger partial charge in [-0.2, -0.15) is 0 Å². The van der Waals surface area contributed by atoms with E-state index in [9.17, 15) is 4.79 Å². The average Bonchev–Trinajstić information content (AvgIpc) is 2.31. The van der Waals surface area contributed by atoms with Crippen LogP contribution in [0, 0.1) is 0 Å². The van der Waals surface area contributed by atoms with E-state index < -0.39 is 14.8 Å². The molecule has 0 aliphatic heterocycles. The van der Waals surface area contributed by atoms with Crippen LogP contribution in [0.5, 0.6) is 0 Å². The highest BCUT2D eigenvalue weighted by Gasteiger charge is 2.43. The van der Waals surface area contributed by atoms with Gasteiger partial charge in [0.25, 0.3) is 0 Å². The smallest absolute Gasteiger partial charge is 0.478 e. The van der Waals surface area contributed by atoms with E-state index in [4.69, 9.17) is 18.4 Å². The van der Waals surface area contributed by atoms with Crippen LogP contribution in [0.2, 0.25) is 5.54 Å². The summed E-state index contributed by atoms with van der Waals surface area (Å²) in [6, 6.07) is 0. The molecule has 0 aliphatic rings. The van der Waals surface area contributed by atoms with Gasteiger partial charge >= 0.3 is 14.8 Å². The minimum absolute atomic E-state index is 0.125. The van der Waals surface area contributed by atoms with E-state index in [1.54, 1.807) is 34.3 Å². The van der Waals surface area contributed by atoms with Crippen molar-refractivity contribution >= 4 is 14.8 Å². The Morgan fingerprint density at radius 2 is 1.76 bits per heavy atom. The molecule has 0 saturated heterocycles. The number of hydrogen-bond acceptors (Lipinski definition) is 4. The second-order valence-corrected chi connectivity index (χ2v) is 7.30. The first-order chi connectivity index (χ1) is 7.93. The molecule has 0 aromatic heterocycles. The third kappa shape index (κ3) is 4.59. The Bertz CT molecular complexity index is 265. The minimum atomic E-state index is -2.60. The lowest BCUT2D eigenvalue weighted by molar-refractivity contribution is -0.132. The molecule has 17 heavy (non-hydrogen) atoms. The van der Waals surface area contributed by atoms with Gasteiger partial charge in [-0.15, -0.1) is 0 Å². The molecule has 0 radical (unpaired) electrons. The van der Waals surface area contributed by atoms with Crippen LogP contribution >= 0.6 is 0 Å². The number of carboxylic acids is 1. The number of allylic oxidation sites excluding steroid dienone is 1. The summed E-state index contributed by atoms with van der Waals surface area (Å²) >= 11 is 0. The van der Waals surface area contributed by atoms with Gasteiger partial charge in [-0.05, 0) is 19.8 Å². The van der Waals surface area contributed by atoms with Gasteiger partial charge < -0.3 is 18.4 Å². The van der Waals surface area contributed by atoms with Crippen LogP contribution in [0.15, 0.2) is 11.6 Å². The number of rotatable bonds is 8. The van der Waals surface area contributed by atoms with Crippen molar-refractivity contribution in [1.82, 2.24) is 0 Å². The monoisotopic (exact) mass is 262 g/mol. The van der Waals surface area contributed by atoms with Gasteiger partial charge in [0.15, 0.2) is 0 Å². The van der Waals surface area contributed by atoms with Crippen LogP contribution in [0.3, 0.4) is 0 Å². The summed E-state index contributed by atoms with van der Waals surface area (Å²) in [7, 11) is 2.14. The predicted octanol–water partition coefficient (Wildman–Crippen LogP) is 2.07. The molecule has 0 aromatic rings. The van der Waals surface area contributed by atoms with Gasteiger partial charge in [0.1, 0.15) is 0 Å². The first kappa shape index (κ1) is 16.3. The minimum Gasteiger partial charge on any atom is -0.478 e. The van der Waals surface area contributed by atoms with E-state index in [2.05, 4.69) is 0 Å². The van der Waals surface area contributed by atoms with Crippen LogP contribution in [-0.4, -0.2) is 41.2 Å². The highest BCUT2D eigenvalue weighted by atomic mass is 28.4. The maximum absolute atomic E-state index is 10.6. The fourth-order valence-corrected chi connectivity index (χ4v) is 3.89. The number of hydrogen-bond donors (Lipinski definition) is 1. The van der Waals surface area contributed by atoms with Crippen molar-refractivity contribution in [3.05, 3.63) is 11.6 Å². The molecular formula is C11H22O5Si. The van der Waals surface area contributed by atoms with Gasteiger partial charge in [0, 0.05) is 32.4 Å². The fraction of sp³-hybridized carbons (Fsp3) is 0.727. The van der Waals surface area contributed by atoms with E-state index >= 15 is 0 Å². The molecule has 0 spiro atoms. The van der Waals surface area contributed by atoms with Gasteiger partial charge in [-0.25, -0.2) is 4.79 Å². The summed E-state index contributed by atoms with van der Waals surface area (Å²) in [6.07, 6.45) is 3.15. The van der Waals surface area contributed by atoms with E-state index in [1.807, 2.05) is 6.92 Å². The van der Waals surface area contributed by atoms with Crippen molar-refractivity contribution in [3.8, 4) is 0 Å². The maximum Gasteiger partial charge on any atom is 0.503 e. The van der Waals surface area contributed by atoms with Gasteiger partial charge in [0.2, 0.25) is 0 Å². The van der Waals surface area contributed by atoms with Crippen molar-refractivity contribution < 1.29 is 23.2 Å². The van der Waals surface area contributed by atoms with E-state index in [0.29, 0.717) is 12.0 Å². The summed E-state index contributed by atoms with van der Waals surface area (Å²) in [4.78, 5) is 10.6. The molecule has 5 nitrogen and oxygen atoms in total. The SMILES string of the molecule is CO[Si](OC)(OC)C(C)CCC=C(C)C(=O)O. The summed E-state index contributed by atoms with van der Waals surface area (Å²) in [5, 5.41) is 8.71. The number of carboxylic acid groups (broad SMARTS) is 1. The molecule has 1 unspecified atom stereocenters. The topological polar surface area (TPSA) is 65.0 Å². The average molecular weight is 262 g/mol. The lowest BCUT2D eigenvalue weighted by Gasteiger charge is -2.29. The third-order valence-electron chi connectivity index (χ3n) is 2.84. The molecule has 0 fully saturated rings. The molecule has 0 saturated carbocycles. The Balaban J connectivity index is 4.39. The normalized spacial score (nSPS) is 14.8. The Kier molecular flexibility index (Phi) is 7.29.